The molecule has 3 rings (SSSR count). The minimum Gasteiger partial charge on any atom is -0.487 e. The van der Waals surface area contributed by atoms with Crippen molar-refractivity contribution in [2.75, 3.05) is 25.6 Å². The molecule has 0 atom stereocenters. The number of hydrogen-bond donors (Lipinski definition) is 1. The summed E-state index contributed by atoms with van der Waals surface area (Å²) in [5.41, 5.74) is 2.32. The summed E-state index contributed by atoms with van der Waals surface area (Å²) in [5.74, 6) is 2.10. The van der Waals surface area contributed by atoms with Crippen molar-refractivity contribution >= 4 is 17.8 Å². The molecule has 1 aromatic heterocycles. The molecule has 1 amide bonds. The number of fused-ring (bicyclic) bond motifs is 1. The lowest BCUT2D eigenvalue weighted by molar-refractivity contribution is -0.114. The van der Waals surface area contributed by atoms with Gasteiger partial charge in [0, 0.05) is 26.3 Å². The van der Waals surface area contributed by atoms with E-state index in [2.05, 4.69) is 22.5 Å². The van der Waals surface area contributed by atoms with Crippen LogP contribution in [-0.4, -0.2) is 31.2 Å². The highest BCUT2D eigenvalue weighted by Gasteiger charge is 2.14. The summed E-state index contributed by atoms with van der Waals surface area (Å²) in [6, 6.07) is 7.35. The number of nitrogens with zero attached hydrogens (tertiary/aromatic N) is 1. The van der Waals surface area contributed by atoms with Crippen molar-refractivity contribution < 1.29 is 19.0 Å². The second-order valence-electron chi connectivity index (χ2n) is 5.61. The molecule has 0 bridgehead atoms. The van der Waals surface area contributed by atoms with Crippen LogP contribution in [0.5, 0.6) is 17.2 Å². The highest BCUT2D eigenvalue weighted by molar-refractivity contribution is 5.87. The molecule has 1 aromatic carbocycles. The van der Waals surface area contributed by atoms with E-state index in [0.717, 1.165) is 12.0 Å². The van der Waals surface area contributed by atoms with Crippen molar-refractivity contribution in [3.05, 3.63) is 47.7 Å². The first kappa shape index (κ1) is 17.0. The number of carbonyl (C=O) groups is 1. The molecule has 1 aliphatic carbocycles. The van der Waals surface area contributed by atoms with Crippen LogP contribution in [0, 0.1) is 0 Å². The van der Waals surface area contributed by atoms with Gasteiger partial charge in [0.15, 0.2) is 11.5 Å². The minimum atomic E-state index is -0.184. The third-order valence-corrected chi connectivity index (χ3v) is 3.65. The smallest absolute Gasteiger partial charge is 0.222 e. The molecule has 1 aliphatic rings. The van der Waals surface area contributed by atoms with Crippen LogP contribution in [0.1, 0.15) is 18.1 Å². The lowest BCUT2D eigenvalue weighted by atomic mass is 10.1. The normalized spacial score (nSPS) is 11.9. The van der Waals surface area contributed by atoms with E-state index in [1.165, 1.54) is 12.5 Å². The van der Waals surface area contributed by atoms with Crippen LogP contribution in [0.2, 0.25) is 0 Å². The Kier molecular flexibility index (Phi) is 5.30. The van der Waals surface area contributed by atoms with E-state index in [9.17, 15) is 4.79 Å². The molecule has 0 fully saturated rings. The van der Waals surface area contributed by atoms with Crippen molar-refractivity contribution in [1.82, 2.24) is 4.98 Å². The molecule has 130 valence electrons. The molecule has 1 N–H and O–H groups in total. The summed E-state index contributed by atoms with van der Waals surface area (Å²) >= 11 is 0. The van der Waals surface area contributed by atoms with E-state index in [1.807, 2.05) is 12.1 Å². The Bertz CT molecular complexity index is 802. The van der Waals surface area contributed by atoms with Gasteiger partial charge in [0.1, 0.15) is 18.2 Å². The van der Waals surface area contributed by atoms with Crippen LogP contribution in [0.4, 0.5) is 5.82 Å². The van der Waals surface area contributed by atoms with E-state index in [4.69, 9.17) is 14.2 Å². The number of hydrogen-bond acceptors (Lipinski definition) is 5. The lowest BCUT2D eigenvalue weighted by Crippen LogP contribution is -2.07. The highest BCUT2D eigenvalue weighted by Crippen LogP contribution is 2.37. The highest BCUT2D eigenvalue weighted by atomic mass is 16.5. The maximum Gasteiger partial charge on any atom is 0.222 e. The number of anilines is 1. The number of pyridine rings is 1. The molecule has 6 nitrogen and oxygen atoms in total. The van der Waals surface area contributed by atoms with Gasteiger partial charge in [0.25, 0.3) is 0 Å². The van der Waals surface area contributed by atoms with Gasteiger partial charge in [-0.25, -0.2) is 4.98 Å². The van der Waals surface area contributed by atoms with E-state index in [-0.39, 0.29) is 5.91 Å². The van der Waals surface area contributed by atoms with E-state index >= 15 is 0 Å². The molecule has 0 radical (unpaired) electrons. The fraction of sp³-hybridized carbons (Fsp3) is 0.263. The van der Waals surface area contributed by atoms with Crippen LogP contribution in [0.25, 0.3) is 6.08 Å². The first-order chi connectivity index (χ1) is 12.2. The predicted octanol–water partition coefficient (Wildman–Crippen LogP) is 3.43. The van der Waals surface area contributed by atoms with Crippen LogP contribution >= 0.6 is 0 Å². The number of allylic oxidation sites excluding steroid dienone is 1. The Labute approximate surface area is 146 Å². The van der Waals surface area contributed by atoms with Gasteiger partial charge in [-0.2, -0.15) is 0 Å². The molecule has 6 heteroatoms. The first-order valence-electron chi connectivity index (χ1n) is 8.02. The fourth-order valence-electron chi connectivity index (χ4n) is 2.54. The fourth-order valence-corrected chi connectivity index (χ4v) is 2.54. The Morgan fingerprint density at radius 3 is 2.92 bits per heavy atom. The first-order valence-corrected chi connectivity index (χ1v) is 8.02. The summed E-state index contributed by atoms with van der Waals surface area (Å²) < 4.78 is 16.8. The Morgan fingerprint density at radius 2 is 2.12 bits per heavy atom. The molecule has 0 unspecified atom stereocenters. The van der Waals surface area contributed by atoms with Gasteiger partial charge < -0.3 is 19.5 Å². The summed E-state index contributed by atoms with van der Waals surface area (Å²) in [5, 5.41) is 2.64. The van der Waals surface area contributed by atoms with E-state index in [1.54, 1.807) is 25.4 Å². The molecule has 0 aliphatic heterocycles. The standard InChI is InChI=1S/C19H20N2O4/c1-13(22)21-19-12-16(6-7-20-19)25-18-11-15-5-3-4-14(15)10-17(18)24-9-8-23-2/h3,5-7,10-12H,4,8-9H2,1-2H3,(H,20,21,22). The second-order valence-corrected chi connectivity index (χ2v) is 5.61. The van der Waals surface area contributed by atoms with E-state index in [0.29, 0.717) is 36.3 Å². The van der Waals surface area contributed by atoms with Gasteiger partial charge in [-0.15, -0.1) is 0 Å². The number of amides is 1. The van der Waals surface area contributed by atoms with Crippen molar-refractivity contribution in [1.29, 1.82) is 0 Å². The molecular formula is C19H20N2O4. The van der Waals surface area contributed by atoms with Crippen molar-refractivity contribution in [3.8, 4) is 17.2 Å². The average molecular weight is 340 g/mol. The number of carbonyl (C=O) groups excluding carboxylic acids is 1. The van der Waals surface area contributed by atoms with Crippen molar-refractivity contribution in [2.45, 2.75) is 13.3 Å². The van der Waals surface area contributed by atoms with Gasteiger partial charge in [-0.05, 0) is 35.7 Å². The third-order valence-electron chi connectivity index (χ3n) is 3.65. The molecule has 0 spiro atoms. The third kappa shape index (κ3) is 4.36. The number of ether oxygens (including phenoxy) is 3. The molecule has 2 aromatic rings. The van der Waals surface area contributed by atoms with Gasteiger partial charge in [0.2, 0.25) is 5.91 Å². The molecule has 0 saturated carbocycles. The van der Waals surface area contributed by atoms with Gasteiger partial charge in [-0.3, -0.25) is 4.79 Å². The monoisotopic (exact) mass is 340 g/mol. The summed E-state index contributed by atoms with van der Waals surface area (Å²) in [7, 11) is 1.63. The lowest BCUT2D eigenvalue weighted by Gasteiger charge is -2.15. The van der Waals surface area contributed by atoms with Crippen LogP contribution < -0.4 is 14.8 Å². The number of methoxy groups -OCH3 is 1. The maximum atomic E-state index is 11.2. The van der Waals surface area contributed by atoms with Crippen molar-refractivity contribution in [2.24, 2.45) is 0 Å². The Morgan fingerprint density at radius 1 is 1.24 bits per heavy atom. The summed E-state index contributed by atoms with van der Waals surface area (Å²) in [6.07, 6.45) is 6.64. The minimum absolute atomic E-state index is 0.184. The van der Waals surface area contributed by atoms with Gasteiger partial charge in [-0.1, -0.05) is 12.2 Å². The quantitative estimate of drug-likeness (QED) is 0.782. The zero-order chi connectivity index (χ0) is 17.6. The molecule has 1 heterocycles. The van der Waals surface area contributed by atoms with Crippen molar-refractivity contribution in [3.63, 3.8) is 0 Å². The number of rotatable bonds is 7. The largest absolute Gasteiger partial charge is 0.487 e. The van der Waals surface area contributed by atoms with Crippen LogP contribution in [-0.2, 0) is 16.0 Å². The topological polar surface area (TPSA) is 69.7 Å². The van der Waals surface area contributed by atoms with Crippen LogP contribution in [0.3, 0.4) is 0 Å². The van der Waals surface area contributed by atoms with E-state index < -0.39 is 0 Å². The second kappa shape index (κ2) is 7.81. The number of benzene rings is 1. The summed E-state index contributed by atoms with van der Waals surface area (Å²) in [6.45, 7) is 2.37. The zero-order valence-electron chi connectivity index (χ0n) is 14.2. The van der Waals surface area contributed by atoms with Gasteiger partial charge >= 0.3 is 0 Å². The number of aromatic nitrogens is 1. The van der Waals surface area contributed by atoms with Gasteiger partial charge in [0.05, 0.1) is 6.61 Å². The molecule has 0 saturated heterocycles. The Balaban J connectivity index is 1.85. The Hall–Kier alpha value is -2.86. The SMILES string of the molecule is COCCOc1cc2c(cc1Oc1ccnc(NC(C)=O)c1)C=CC2. The number of nitrogens with one attached hydrogen (secondary N) is 1. The predicted molar refractivity (Wildman–Crippen MR) is 95.2 cm³/mol. The maximum absolute atomic E-state index is 11.2. The average Bonchev–Trinajstić information content (AvgIpc) is 3.02. The van der Waals surface area contributed by atoms with Crippen LogP contribution in [0.15, 0.2) is 36.5 Å². The molecular weight excluding hydrogens is 320 g/mol. The molecule has 25 heavy (non-hydrogen) atoms. The summed E-state index contributed by atoms with van der Waals surface area (Å²) in [4.78, 5) is 15.3. The zero-order valence-corrected chi connectivity index (χ0v) is 14.2.